The molecule has 18 heavy (non-hydrogen) atoms. The maximum atomic E-state index is 11.0. The monoisotopic (exact) mass is 242 g/mol. The minimum Gasteiger partial charge on any atom is -0.375 e. The molecule has 4 nitrogen and oxygen atoms in total. The summed E-state index contributed by atoms with van der Waals surface area (Å²) < 4.78 is 0. The van der Waals surface area contributed by atoms with Crippen molar-refractivity contribution in [2.75, 3.05) is 5.32 Å². The highest BCUT2D eigenvalue weighted by Crippen LogP contribution is 2.28. The van der Waals surface area contributed by atoms with Crippen molar-refractivity contribution in [1.29, 1.82) is 0 Å². The number of nitro groups is 1. The van der Waals surface area contributed by atoms with Crippen molar-refractivity contribution in [2.45, 2.75) is 13.5 Å². The molecule has 0 aliphatic rings. The van der Waals surface area contributed by atoms with Crippen molar-refractivity contribution < 1.29 is 4.92 Å². The first-order chi connectivity index (χ1) is 8.68. The van der Waals surface area contributed by atoms with Gasteiger partial charge < -0.3 is 5.32 Å². The van der Waals surface area contributed by atoms with Crippen LogP contribution in [0.4, 0.5) is 11.4 Å². The van der Waals surface area contributed by atoms with E-state index in [-0.39, 0.29) is 10.6 Å². The van der Waals surface area contributed by atoms with Crippen LogP contribution in [0.2, 0.25) is 0 Å². The van der Waals surface area contributed by atoms with Crippen LogP contribution >= 0.6 is 0 Å². The summed E-state index contributed by atoms with van der Waals surface area (Å²) in [4.78, 5) is 10.7. The van der Waals surface area contributed by atoms with Gasteiger partial charge in [0, 0.05) is 12.1 Å². The summed E-state index contributed by atoms with van der Waals surface area (Å²) in [6, 6.07) is 15.1. The smallest absolute Gasteiger partial charge is 0.295 e. The molecule has 0 aliphatic carbocycles. The SMILES string of the molecule is Cc1cccc(NCc2ccccc2)c1[N+](=O)[O-]. The van der Waals surface area contributed by atoms with E-state index in [1.54, 1.807) is 19.1 Å². The van der Waals surface area contributed by atoms with Gasteiger partial charge in [0.1, 0.15) is 5.69 Å². The quantitative estimate of drug-likeness (QED) is 0.659. The van der Waals surface area contributed by atoms with E-state index in [0.717, 1.165) is 5.56 Å². The van der Waals surface area contributed by atoms with Gasteiger partial charge in [0.25, 0.3) is 5.69 Å². The zero-order valence-corrected chi connectivity index (χ0v) is 10.1. The topological polar surface area (TPSA) is 55.2 Å². The third-order valence-electron chi connectivity index (χ3n) is 2.75. The zero-order chi connectivity index (χ0) is 13.0. The molecule has 2 aromatic carbocycles. The molecule has 0 aromatic heterocycles. The molecule has 2 aromatic rings. The summed E-state index contributed by atoms with van der Waals surface area (Å²) in [7, 11) is 0. The van der Waals surface area contributed by atoms with Crippen molar-refractivity contribution in [2.24, 2.45) is 0 Å². The lowest BCUT2D eigenvalue weighted by Crippen LogP contribution is -2.03. The number of anilines is 1. The fraction of sp³-hybridized carbons (Fsp3) is 0.143. The average Bonchev–Trinajstić information content (AvgIpc) is 2.37. The third kappa shape index (κ3) is 2.66. The third-order valence-corrected chi connectivity index (χ3v) is 2.75. The van der Waals surface area contributed by atoms with Crippen LogP contribution in [-0.4, -0.2) is 4.92 Å². The first kappa shape index (κ1) is 12.1. The van der Waals surface area contributed by atoms with Crippen LogP contribution in [0.15, 0.2) is 48.5 Å². The van der Waals surface area contributed by atoms with Crippen LogP contribution in [-0.2, 0) is 6.54 Å². The van der Waals surface area contributed by atoms with E-state index in [9.17, 15) is 10.1 Å². The molecule has 0 spiro atoms. The maximum absolute atomic E-state index is 11.0. The first-order valence-corrected chi connectivity index (χ1v) is 5.70. The normalized spacial score (nSPS) is 10.1. The molecule has 0 fully saturated rings. The Kier molecular flexibility index (Phi) is 3.57. The van der Waals surface area contributed by atoms with Crippen molar-refractivity contribution in [3.8, 4) is 0 Å². The molecule has 2 rings (SSSR count). The molecule has 92 valence electrons. The number of hydrogen-bond acceptors (Lipinski definition) is 3. The number of nitrogens with one attached hydrogen (secondary N) is 1. The fourth-order valence-corrected chi connectivity index (χ4v) is 1.84. The molecule has 0 atom stereocenters. The fourth-order valence-electron chi connectivity index (χ4n) is 1.84. The summed E-state index contributed by atoms with van der Waals surface area (Å²) in [5.41, 5.74) is 2.46. The van der Waals surface area contributed by atoms with E-state index < -0.39 is 0 Å². The second kappa shape index (κ2) is 5.31. The number of rotatable bonds is 4. The average molecular weight is 242 g/mol. The summed E-state index contributed by atoms with van der Waals surface area (Å²) >= 11 is 0. The molecule has 0 amide bonds. The van der Waals surface area contributed by atoms with Gasteiger partial charge in [-0.2, -0.15) is 0 Å². The van der Waals surface area contributed by atoms with Crippen LogP contribution in [0.25, 0.3) is 0 Å². The largest absolute Gasteiger partial charge is 0.375 e. The maximum Gasteiger partial charge on any atom is 0.295 e. The molecular weight excluding hydrogens is 228 g/mol. The van der Waals surface area contributed by atoms with Crippen LogP contribution in [0.3, 0.4) is 0 Å². The highest BCUT2D eigenvalue weighted by molar-refractivity contribution is 5.65. The Morgan fingerprint density at radius 3 is 2.50 bits per heavy atom. The number of para-hydroxylation sites is 1. The minimum absolute atomic E-state index is 0.147. The molecule has 4 heteroatoms. The minimum atomic E-state index is -0.345. The molecule has 0 aliphatic heterocycles. The Balaban J connectivity index is 2.20. The van der Waals surface area contributed by atoms with E-state index in [4.69, 9.17) is 0 Å². The second-order valence-corrected chi connectivity index (χ2v) is 4.07. The number of nitrogens with zero attached hydrogens (tertiary/aromatic N) is 1. The lowest BCUT2D eigenvalue weighted by Gasteiger charge is -2.08. The van der Waals surface area contributed by atoms with E-state index >= 15 is 0 Å². The lowest BCUT2D eigenvalue weighted by molar-refractivity contribution is -0.384. The van der Waals surface area contributed by atoms with Crippen LogP contribution < -0.4 is 5.32 Å². The Labute approximate surface area is 105 Å². The Morgan fingerprint density at radius 2 is 1.83 bits per heavy atom. The van der Waals surface area contributed by atoms with Crippen LogP contribution in [0.5, 0.6) is 0 Å². The van der Waals surface area contributed by atoms with Crippen molar-refractivity contribution >= 4 is 11.4 Å². The predicted molar refractivity (Wildman–Crippen MR) is 71.6 cm³/mol. The summed E-state index contributed by atoms with van der Waals surface area (Å²) in [6.07, 6.45) is 0. The first-order valence-electron chi connectivity index (χ1n) is 5.70. The Morgan fingerprint density at radius 1 is 1.11 bits per heavy atom. The number of hydrogen-bond donors (Lipinski definition) is 1. The van der Waals surface area contributed by atoms with Crippen LogP contribution in [0.1, 0.15) is 11.1 Å². The van der Waals surface area contributed by atoms with Gasteiger partial charge in [-0.3, -0.25) is 10.1 Å². The molecule has 0 bridgehead atoms. The summed E-state index contributed by atoms with van der Waals surface area (Å²) in [6.45, 7) is 2.32. The highest BCUT2D eigenvalue weighted by Gasteiger charge is 2.15. The molecule has 0 saturated heterocycles. The van der Waals surface area contributed by atoms with E-state index in [0.29, 0.717) is 17.8 Å². The zero-order valence-electron chi connectivity index (χ0n) is 10.1. The molecular formula is C14H14N2O2. The lowest BCUT2D eigenvalue weighted by atomic mass is 10.1. The second-order valence-electron chi connectivity index (χ2n) is 4.07. The molecule has 0 radical (unpaired) electrons. The molecule has 0 saturated carbocycles. The molecule has 0 heterocycles. The highest BCUT2D eigenvalue weighted by atomic mass is 16.6. The van der Waals surface area contributed by atoms with Gasteiger partial charge in [-0.25, -0.2) is 0 Å². The Bertz CT molecular complexity index is 553. The predicted octanol–water partition coefficient (Wildman–Crippen LogP) is 3.52. The number of nitro benzene ring substituents is 1. The summed E-state index contributed by atoms with van der Waals surface area (Å²) in [5.74, 6) is 0. The summed E-state index contributed by atoms with van der Waals surface area (Å²) in [5, 5.41) is 14.1. The number of aryl methyl sites for hydroxylation is 1. The van der Waals surface area contributed by atoms with Gasteiger partial charge in [-0.1, -0.05) is 42.5 Å². The van der Waals surface area contributed by atoms with Crippen molar-refractivity contribution in [1.82, 2.24) is 0 Å². The van der Waals surface area contributed by atoms with Gasteiger partial charge in [-0.15, -0.1) is 0 Å². The Hall–Kier alpha value is -2.36. The van der Waals surface area contributed by atoms with E-state index in [2.05, 4.69) is 5.32 Å². The van der Waals surface area contributed by atoms with E-state index in [1.807, 2.05) is 36.4 Å². The van der Waals surface area contributed by atoms with Gasteiger partial charge in [0.15, 0.2) is 0 Å². The van der Waals surface area contributed by atoms with Gasteiger partial charge >= 0.3 is 0 Å². The standard InChI is InChI=1S/C14H14N2O2/c1-11-6-5-9-13(14(11)16(17)18)15-10-12-7-3-2-4-8-12/h2-9,15H,10H2,1H3. The van der Waals surface area contributed by atoms with Gasteiger partial charge in [-0.05, 0) is 18.6 Å². The van der Waals surface area contributed by atoms with Crippen LogP contribution in [0, 0.1) is 17.0 Å². The molecule has 1 N–H and O–H groups in total. The van der Waals surface area contributed by atoms with E-state index in [1.165, 1.54) is 0 Å². The van der Waals surface area contributed by atoms with Crippen molar-refractivity contribution in [3.63, 3.8) is 0 Å². The van der Waals surface area contributed by atoms with Crippen molar-refractivity contribution in [3.05, 3.63) is 69.8 Å². The molecule has 0 unspecified atom stereocenters. The van der Waals surface area contributed by atoms with Gasteiger partial charge in [0.05, 0.1) is 4.92 Å². The van der Waals surface area contributed by atoms with Gasteiger partial charge in [0.2, 0.25) is 0 Å². The number of benzene rings is 2.